The third kappa shape index (κ3) is 2.95. The summed E-state index contributed by atoms with van der Waals surface area (Å²) in [5.74, 6) is 1.89. The van der Waals surface area contributed by atoms with Crippen molar-refractivity contribution in [2.45, 2.75) is 51.9 Å². The molecule has 1 aromatic rings. The number of nitrogens with zero attached hydrogens (tertiary/aromatic N) is 1. The van der Waals surface area contributed by atoms with Crippen molar-refractivity contribution in [1.82, 2.24) is 4.98 Å². The van der Waals surface area contributed by atoms with Crippen molar-refractivity contribution in [3.05, 3.63) is 35.6 Å². The first kappa shape index (κ1) is 15.2. The summed E-state index contributed by atoms with van der Waals surface area (Å²) in [6, 6.07) is 3.83. The lowest BCUT2D eigenvalue weighted by Gasteiger charge is -2.32. The highest BCUT2D eigenvalue weighted by Gasteiger charge is 2.50. The van der Waals surface area contributed by atoms with Gasteiger partial charge in [-0.1, -0.05) is 12.0 Å². The van der Waals surface area contributed by atoms with E-state index in [0.717, 1.165) is 11.3 Å². The average molecular weight is 274 g/mol. The number of nitrogens with two attached hydrogens (primary N) is 1. The lowest BCUT2D eigenvalue weighted by atomic mass is 9.89. The minimum absolute atomic E-state index is 0.0540. The maximum absolute atomic E-state index is 5.95. The molecule has 2 rings (SSSR count). The Hall–Kier alpha value is -1.17. The molecule has 0 amide bonds. The van der Waals surface area contributed by atoms with E-state index in [-0.39, 0.29) is 24.4 Å². The number of hydrogen-bond acceptors (Lipinski definition) is 4. The quantitative estimate of drug-likeness (QED) is 0.861. The van der Waals surface area contributed by atoms with Gasteiger partial charge in [0.2, 0.25) is 0 Å². The zero-order valence-corrected chi connectivity index (χ0v) is 12.9. The van der Waals surface area contributed by atoms with Gasteiger partial charge in [0, 0.05) is 12.2 Å². The molecule has 0 aliphatic carbocycles. The molecule has 0 unspecified atom stereocenters. The molecule has 0 radical (unpaired) electrons. The highest BCUT2D eigenvalue weighted by Crippen LogP contribution is 2.37. The molecule has 0 bridgehead atoms. The monoisotopic (exact) mass is 274 g/mol. The lowest BCUT2D eigenvalue weighted by Crippen LogP contribution is -2.41. The van der Waals surface area contributed by atoms with Gasteiger partial charge in [-0.15, -0.1) is 0 Å². The summed E-state index contributed by atoms with van der Waals surface area (Å²) in [7, 11) is -0.358. The lowest BCUT2D eigenvalue weighted by molar-refractivity contribution is 0.00578. The summed E-state index contributed by atoms with van der Waals surface area (Å²) in [5, 5.41) is 0. The minimum atomic E-state index is -0.358. The van der Waals surface area contributed by atoms with Crippen molar-refractivity contribution in [1.29, 1.82) is 0 Å². The Morgan fingerprint density at radius 3 is 2.40 bits per heavy atom. The van der Waals surface area contributed by atoms with Crippen molar-refractivity contribution in [2.24, 2.45) is 5.73 Å². The largest absolute Gasteiger partial charge is 0.487 e. The van der Waals surface area contributed by atoms with E-state index in [4.69, 9.17) is 15.0 Å². The van der Waals surface area contributed by atoms with Gasteiger partial charge in [0.1, 0.15) is 0 Å². The molecule has 1 fully saturated rings. The van der Waals surface area contributed by atoms with E-state index in [1.807, 2.05) is 58.8 Å². The van der Waals surface area contributed by atoms with E-state index < -0.39 is 0 Å². The molecule has 4 nitrogen and oxygen atoms in total. The van der Waals surface area contributed by atoms with E-state index in [2.05, 4.69) is 4.98 Å². The molecule has 20 heavy (non-hydrogen) atoms. The van der Waals surface area contributed by atoms with Gasteiger partial charge in [-0.05, 0) is 52.3 Å². The molecule has 1 aliphatic rings. The second kappa shape index (κ2) is 5.32. The molecule has 2 N–H and O–H groups in total. The summed E-state index contributed by atoms with van der Waals surface area (Å²) in [6.07, 6.45) is 3.68. The van der Waals surface area contributed by atoms with Crippen molar-refractivity contribution in [3.8, 4) is 0 Å². The molecular formula is C15H23BN2O2. The summed E-state index contributed by atoms with van der Waals surface area (Å²) in [4.78, 5) is 4.36. The summed E-state index contributed by atoms with van der Waals surface area (Å²) < 4.78 is 11.8. The summed E-state index contributed by atoms with van der Waals surface area (Å²) in [6.45, 7) is 10.1. The van der Waals surface area contributed by atoms with Gasteiger partial charge in [0.05, 0.1) is 16.9 Å². The van der Waals surface area contributed by atoms with Gasteiger partial charge in [0.25, 0.3) is 0 Å². The standard InChI is InChI=1S/C15H23BN2O2/c1-11(17)12-7-6-10-18-13(12)8-9-16-19-14(2,3)15(4,5)20-16/h6-11H,17H2,1-5H3/b9-8+/t11-/m0/s1. The van der Waals surface area contributed by atoms with Crippen LogP contribution < -0.4 is 5.73 Å². The highest BCUT2D eigenvalue weighted by molar-refractivity contribution is 6.52. The van der Waals surface area contributed by atoms with Crippen LogP contribution in [-0.2, 0) is 9.31 Å². The normalized spacial score (nSPS) is 22.4. The van der Waals surface area contributed by atoms with Crippen molar-refractivity contribution in [3.63, 3.8) is 0 Å². The van der Waals surface area contributed by atoms with E-state index in [1.165, 1.54) is 0 Å². The first-order valence-electron chi connectivity index (χ1n) is 6.97. The first-order valence-corrected chi connectivity index (χ1v) is 6.97. The molecule has 1 aromatic heterocycles. The first-order chi connectivity index (χ1) is 9.23. The molecule has 1 atom stereocenters. The third-order valence-corrected chi connectivity index (χ3v) is 4.04. The van der Waals surface area contributed by atoms with Crippen LogP contribution in [0.15, 0.2) is 24.3 Å². The van der Waals surface area contributed by atoms with Crippen molar-refractivity contribution < 1.29 is 9.31 Å². The van der Waals surface area contributed by atoms with Crippen LogP contribution in [0.25, 0.3) is 6.08 Å². The Morgan fingerprint density at radius 1 is 1.25 bits per heavy atom. The maximum atomic E-state index is 5.95. The third-order valence-electron chi connectivity index (χ3n) is 4.04. The molecule has 0 spiro atoms. The Labute approximate surface area is 121 Å². The molecular weight excluding hydrogens is 251 g/mol. The van der Waals surface area contributed by atoms with Gasteiger partial charge >= 0.3 is 7.12 Å². The maximum Gasteiger partial charge on any atom is 0.487 e. The molecule has 1 saturated heterocycles. The SMILES string of the molecule is C[C@H](N)c1cccnc1/C=C/B1OC(C)(C)C(C)(C)O1. The number of aromatic nitrogens is 1. The Bertz CT molecular complexity index is 496. The van der Waals surface area contributed by atoms with Gasteiger partial charge in [-0.25, -0.2) is 0 Å². The van der Waals surface area contributed by atoms with E-state index in [0.29, 0.717) is 0 Å². The Morgan fingerprint density at radius 2 is 1.85 bits per heavy atom. The van der Waals surface area contributed by atoms with Crippen LogP contribution in [-0.4, -0.2) is 23.3 Å². The molecule has 0 saturated carbocycles. The zero-order valence-electron chi connectivity index (χ0n) is 12.9. The fourth-order valence-corrected chi connectivity index (χ4v) is 2.09. The van der Waals surface area contributed by atoms with Crippen LogP contribution >= 0.6 is 0 Å². The van der Waals surface area contributed by atoms with Crippen LogP contribution in [0.1, 0.15) is 51.9 Å². The van der Waals surface area contributed by atoms with Gasteiger partial charge < -0.3 is 15.0 Å². The van der Waals surface area contributed by atoms with E-state index in [1.54, 1.807) is 6.20 Å². The summed E-state index contributed by atoms with van der Waals surface area (Å²) in [5.41, 5.74) is 7.17. The molecule has 108 valence electrons. The van der Waals surface area contributed by atoms with E-state index in [9.17, 15) is 0 Å². The van der Waals surface area contributed by atoms with Crippen molar-refractivity contribution >= 4 is 13.2 Å². The van der Waals surface area contributed by atoms with E-state index >= 15 is 0 Å². The van der Waals surface area contributed by atoms with Crippen LogP contribution in [0, 0.1) is 0 Å². The Balaban J connectivity index is 2.16. The van der Waals surface area contributed by atoms with Gasteiger partial charge in [-0.2, -0.15) is 0 Å². The predicted molar refractivity (Wildman–Crippen MR) is 82.0 cm³/mol. The number of hydrogen-bond donors (Lipinski definition) is 1. The van der Waals surface area contributed by atoms with Crippen LogP contribution in [0.2, 0.25) is 0 Å². The number of pyridine rings is 1. The smallest absolute Gasteiger partial charge is 0.400 e. The summed E-state index contributed by atoms with van der Waals surface area (Å²) >= 11 is 0. The van der Waals surface area contributed by atoms with Crippen molar-refractivity contribution in [2.75, 3.05) is 0 Å². The second-order valence-corrected chi connectivity index (χ2v) is 6.25. The zero-order chi connectivity index (χ0) is 15.0. The topological polar surface area (TPSA) is 57.4 Å². The van der Waals surface area contributed by atoms with Gasteiger partial charge in [0.15, 0.2) is 0 Å². The second-order valence-electron chi connectivity index (χ2n) is 6.25. The fraction of sp³-hybridized carbons (Fsp3) is 0.533. The van der Waals surface area contributed by atoms with Crippen LogP contribution in [0.3, 0.4) is 0 Å². The Kier molecular flexibility index (Phi) is 4.05. The molecule has 5 heteroatoms. The molecule has 2 heterocycles. The number of rotatable bonds is 3. The molecule has 1 aliphatic heterocycles. The highest BCUT2D eigenvalue weighted by atomic mass is 16.7. The molecule has 0 aromatic carbocycles. The van der Waals surface area contributed by atoms with Crippen LogP contribution in [0.5, 0.6) is 0 Å². The van der Waals surface area contributed by atoms with Crippen LogP contribution in [0.4, 0.5) is 0 Å². The van der Waals surface area contributed by atoms with Gasteiger partial charge in [-0.3, -0.25) is 4.98 Å². The minimum Gasteiger partial charge on any atom is -0.400 e. The fourth-order valence-electron chi connectivity index (χ4n) is 2.09. The average Bonchev–Trinajstić information content (AvgIpc) is 2.55. The predicted octanol–water partition coefficient (Wildman–Crippen LogP) is 2.75.